The molecule has 2 aromatic rings. The molecule has 4 heteroatoms. The lowest BCUT2D eigenvalue weighted by molar-refractivity contribution is -0.129. The van der Waals surface area contributed by atoms with Crippen molar-refractivity contribution in [2.75, 3.05) is 7.05 Å². The van der Waals surface area contributed by atoms with Crippen molar-refractivity contribution < 1.29 is 14.6 Å². The Morgan fingerprint density at radius 3 is 2.50 bits per heavy atom. The van der Waals surface area contributed by atoms with E-state index >= 15 is 0 Å². The fraction of sp³-hybridized carbons (Fsp3) is 0.188. The standard InChI is InChI=1S/C16H17NO3/c1-17-16(19)15(18)14-10-6-5-7-12(14)11-20-13-8-3-2-4-9-13/h2-10,15,18H,11H2,1H3,(H,17,19). The van der Waals surface area contributed by atoms with Gasteiger partial charge in [-0.3, -0.25) is 4.79 Å². The van der Waals surface area contributed by atoms with Crippen LogP contribution < -0.4 is 10.1 Å². The number of likely N-dealkylation sites (N-methyl/N-ethyl adjacent to an activating group) is 1. The normalized spacial score (nSPS) is 11.7. The molecule has 2 rings (SSSR count). The van der Waals surface area contributed by atoms with Gasteiger partial charge in [-0.05, 0) is 23.3 Å². The fourth-order valence-electron chi connectivity index (χ4n) is 1.89. The quantitative estimate of drug-likeness (QED) is 0.875. The van der Waals surface area contributed by atoms with Crippen LogP contribution in [-0.2, 0) is 11.4 Å². The molecule has 0 saturated heterocycles. The maximum absolute atomic E-state index is 11.5. The van der Waals surface area contributed by atoms with Crippen LogP contribution in [0.4, 0.5) is 0 Å². The van der Waals surface area contributed by atoms with Gasteiger partial charge >= 0.3 is 0 Å². The number of carbonyl (C=O) groups excluding carboxylic acids is 1. The first-order valence-corrected chi connectivity index (χ1v) is 6.37. The van der Waals surface area contributed by atoms with E-state index in [9.17, 15) is 9.90 Å². The molecule has 0 aliphatic carbocycles. The van der Waals surface area contributed by atoms with Crippen LogP contribution in [0.15, 0.2) is 54.6 Å². The Hall–Kier alpha value is -2.33. The Bertz CT molecular complexity index is 569. The van der Waals surface area contributed by atoms with Gasteiger partial charge in [0.15, 0.2) is 6.10 Å². The molecule has 1 amide bonds. The molecule has 0 fully saturated rings. The molecule has 0 aromatic heterocycles. The molecule has 0 aliphatic heterocycles. The Kier molecular flexibility index (Phi) is 4.74. The average molecular weight is 271 g/mol. The van der Waals surface area contributed by atoms with Crippen LogP contribution in [0.1, 0.15) is 17.2 Å². The van der Waals surface area contributed by atoms with Crippen LogP contribution in [0, 0.1) is 0 Å². The van der Waals surface area contributed by atoms with Crippen molar-refractivity contribution in [2.45, 2.75) is 12.7 Å². The molecule has 0 saturated carbocycles. The van der Waals surface area contributed by atoms with Gasteiger partial charge in [0.2, 0.25) is 0 Å². The summed E-state index contributed by atoms with van der Waals surface area (Å²) >= 11 is 0. The highest BCUT2D eigenvalue weighted by molar-refractivity contribution is 5.82. The van der Waals surface area contributed by atoms with E-state index in [1.807, 2.05) is 42.5 Å². The van der Waals surface area contributed by atoms with Gasteiger partial charge in [0.25, 0.3) is 5.91 Å². The van der Waals surface area contributed by atoms with Gasteiger partial charge in [-0.1, -0.05) is 42.5 Å². The number of nitrogens with one attached hydrogen (secondary N) is 1. The molecule has 0 aliphatic rings. The van der Waals surface area contributed by atoms with E-state index in [2.05, 4.69) is 5.32 Å². The highest BCUT2D eigenvalue weighted by Gasteiger charge is 2.18. The third-order valence-corrected chi connectivity index (χ3v) is 2.98. The molecular weight excluding hydrogens is 254 g/mol. The van der Waals surface area contributed by atoms with Gasteiger partial charge in [-0.2, -0.15) is 0 Å². The number of carbonyl (C=O) groups is 1. The van der Waals surface area contributed by atoms with Gasteiger partial charge in [0.1, 0.15) is 12.4 Å². The molecule has 2 N–H and O–H groups in total. The number of benzene rings is 2. The fourth-order valence-corrected chi connectivity index (χ4v) is 1.89. The van der Waals surface area contributed by atoms with E-state index in [0.717, 1.165) is 11.3 Å². The molecule has 0 spiro atoms. The molecule has 0 heterocycles. The summed E-state index contributed by atoms with van der Waals surface area (Å²) in [7, 11) is 1.49. The zero-order valence-corrected chi connectivity index (χ0v) is 11.2. The van der Waals surface area contributed by atoms with Crippen molar-refractivity contribution in [3.63, 3.8) is 0 Å². The largest absolute Gasteiger partial charge is 0.489 e. The highest BCUT2D eigenvalue weighted by atomic mass is 16.5. The summed E-state index contributed by atoms with van der Waals surface area (Å²) in [5, 5.41) is 12.4. The topological polar surface area (TPSA) is 58.6 Å². The lowest BCUT2D eigenvalue weighted by Gasteiger charge is -2.15. The van der Waals surface area contributed by atoms with E-state index in [4.69, 9.17) is 4.74 Å². The number of aliphatic hydroxyl groups is 1. The summed E-state index contributed by atoms with van der Waals surface area (Å²) in [4.78, 5) is 11.5. The van der Waals surface area contributed by atoms with Gasteiger partial charge in [-0.15, -0.1) is 0 Å². The Morgan fingerprint density at radius 1 is 1.15 bits per heavy atom. The van der Waals surface area contributed by atoms with Crippen molar-refractivity contribution in [3.8, 4) is 5.75 Å². The van der Waals surface area contributed by atoms with Crippen LogP contribution in [0.2, 0.25) is 0 Å². The zero-order valence-electron chi connectivity index (χ0n) is 11.2. The Labute approximate surface area is 118 Å². The maximum atomic E-state index is 11.5. The molecular formula is C16H17NO3. The zero-order chi connectivity index (χ0) is 14.4. The second-order valence-corrected chi connectivity index (χ2v) is 4.32. The second-order valence-electron chi connectivity index (χ2n) is 4.32. The van der Waals surface area contributed by atoms with E-state index in [0.29, 0.717) is 12.2 Å². The molecule has 1 atom stereocenters. The lowest BCUT2D eigenvalue weighted by atomic mass is 10.0. The van der Waals surface area contributed by atoms with Gasteiger partial charge < -0.3 is 15.2 Å². The number of para-hydroxylation sites is 1. The van der Waals surface area contributed by atoms with Crippen LogP contribution in [0.3, 0.4) is 0 Å². The van der Waals surface area contributed by atoms with E-state index in [1.165, 1.54) is 7.05 Å². The monoisotopic (exact) mass is 271 g/mol. The summed E-state index contributed by atoms with van der Waals surface area (Å²) < 4.78 is 5.65. The van der Waals surface area contributed by atoms with E-state index in [1.54, 1.807) is 12.1 Å². The first kappa shape index (κ1) is 14.1. The first-order chi connectivity index (χ1) is 9.72. The SMILES string of the molecule is CNC(=O)C(O)c1ccccc1COc1ccccc1. The molecule has 1 unspecified atom stereocenters. The maximum Gasteiger partial charge on any atom is 0.253 e. The van der Waals surface area contributed by atoms with Crippen LogP contribution in [0.25, 0.3) is 0 Å². The molecule has 104 valence electrons. The van der Waals surface area contributed by atoms with Gasteiger partial charge in [0, 0.05) is 7.05 Å². The summed E-state index contributed by atoms with van der Waals surface area (Å²) in [6, 6.07) is 16.6. The summed E-state index contributed by atoms with van der Waals surface area (Å²) in [6.07, 6.45) is -1.18. The first-order valence-electron chi connectivity index (χ1n) is 6.37. The smallest absolute Gasteiger partial charge is 0.253 e. The van der Waals surface area contributed by atoms with Crippen molar-refractivity contribution >= 4 is 5.91 Å². The number of amides is 1. The average Bonchev–Trinajstić information content (AvgIpc) is 2.52. The van der Waals surface area contributed by atoms with Crippen molar-refractivity contribution in [1.82, 2.24) is 5.32 Å². The number of rotatable bonds is 5. The number of hydrogen-bond acceptors (Lipinski definition) is 3. The van der Waals surface area contributed by atoms with Crippen molar-refractivity contribution in [2.24, 2.45) is 0 Å². The summed E-state index contributed by atoms with van der Waals surface area (Å²) in [5.74, 6) is 0.314. The lowest BCUT2D eigenvalue weighted by Crippen LogP contribution is -2.26. The second kappa shape index (κ2) is 6.73. The van der Waals surface area contributed by atoms with Gasteiger partial charge in [0.05, 0.1) is 0 Å². The predicted molar refractivity (Wildman–Crippen MR) is 76.2 cm³/mol. The Balaban J connectivity index is 2.14. The van der Waals surface area contributed by atoms with Gasteiger partial charge in [-0.25, -0.2) is 0 Å². The van der Waals surface area contributed by atoms with Crippen molar-refractivity contribution in [3.05, 3.63) is 65.7 Å². The summed E-state index contributed by atoms with van der Waals surface area (Å²) in [5.41, 5.74) is 1.34. The summed E-state index contributed by atoms with van der Waals surface area (Å²) in [6.45, 7) is 0.300. The number of ether oxygens (including phenoxy) is 1. The minimum Gasteiger partial charge on any atom is -0.489 e. The molecule has 20 heavy (non-hydrogen) atoms. The third kappa shape index (κ3) is 3.36. The van der Waals surface area contributed by atoms with Crippen LogP contribution in [-0.4, -0.2) is 18.1 Å². The molecule has 0 radical (unpaired) electrons. The predicted octanol–water partition coefficient (Wildman–Crippen LogP) is 2.04. The molecule has 0 bridgehead atoms. The minimum atomic E-state index is -1.18. The van der Waals surface area contributed by atoms with E-state index in [-0.39, 0.29) is 0 Å². The van der Waals surface area contributed by atoms with Crippen molar-refractivity contribution in [1.29, 1.82) is 0 Å². The van der Waals surface area contributed by atoms with Crippen LogP contribution >= 0.6 is 0 Å². The van der Waals surface area contributed by atoms with E-state index < -0.39 is 12.0 Å². The highest BCUT2D eigenvalue weighted by Crippen LogP contribution is 2.20. The minimum absolute atomic E-state index is 0.300. The third-order valence-electron chi connectivity index (χ3n) is 2.98. The molecule has 2 aromatic carbocycles. The number of hydrogen-bond donors (Lipinski definition) is 2. The molecule has 4 nitrogen and oxygen atoms in total. The number of aliphatic hydroxyl groups excluding tert-OH is 1. The van der Waals surface area contributed by atoms with Crippen LogP contribution in [0.5, 0.6) is 5.75 Å². The Morgan fingerprint density at radius 2 is 1.80 bits per heavy atom.